The lowest BCUT2D eigenvalue weighted by atomic mass is 9.95. The zero-order valence-corrected chi connectivity index (χ0v) is 23.2. The van der Waals surface area contributed by atoms with Crippen molar-refractivity contribution in [2.75, 3.05) is 38.2 Å². The minimum absolute atomic E-state index is 0.0267. The van der Waals surface area contributed by atoms with Gasteiger partial charge in [-0.1, -0.05) is 37.8 Å². The van der Waals surface area contributed by atoms with Gasteiger partial charge in [0.2, 0.25) is 5.91 Å². The van der Waals surface area contributed by atoms with E-state index in [0.717, 1.165) is 78.0 Å². The number of nitrogens with zero attached hydrogens (tertiary/aromatic N) is 4. The Morgan fingerprint density at radius 3 is 2.38 bits per heavy atom. The van der Waals surface area contributed by atoms with Gasteiger partial charge >= 0.3 is 5.69 Å². The zero-order valence-electron chi connectivity index (χ0n) is 23.2. The summed E-state index contributed by atoms with van der Waals surface area (Å²) in [5, 5.41) is 2.20. The standard InChI is InChI=1S/C32H38N4O3/c1-5-31(37)35(27-12-10-26-21-28(39-4)13-11-25(26)20-27)22-24-14-16-33(17-15-24)18-19-34-29-8-6-7-9-30(29)36(23(2)3)32(34)38/h6-13,20-21,24H,2,5,14-19,22H2,1,3-4H3. The van der Waals surface area contributed by atoms with Crippen molar-refractivity contribution in [3.05, 3.63) is 77.7 Å². The predicted molar refractivity (Wildman–Crippen MR) is 160 cm³/mol. The lowest BCUT2D eigenvalue weighted by Gasteiger charge is -2.35. The summed E-state index contributed by atoms with van der Waals surface area (Å²) in [6.07, 6.45) is 2.54. The van der Waals surface area contributed by atoms with Gasteiger partial charge in [0.25, 0.3) is 0 Å². The van der Waals surface area contributed by atoms with Gasteiger partial charge in [-0.15, -0.1) is 0 Å². The van der Waals surface area contributed by atoms with E-state index >= 15 is 0 Å². The first kappa shape index (κ1) is 26.8. The summed E-state index contributed by atoms with van der Waals surface area (Å²) >= 11 is 0. The summed E-state index contributed by atoms with van der Waals surface area (Å²) in [5.41, 5.74) is 3.51. The molecule has 1 amide bonds. The molecular weight excluding hydrogens is 488 g/mol. The van der Waals surface area contributed by atoms with Crippen LogP contribution in [0.3, 0.4) is 0 Å². The summed E-state index contributed by atoms with van der Waals surface area (Å²) in [7, 11) is 1.67. The molecule has 0 bridgehead atoms. The molecule has 204 valence electrons. The molecule has 2 heterocycles. The van der Waals surface area contributed by atoms with Crippen LogP contribution in [0.1, 0.15) is 33.1 Å². The topological polar surface area (TPSA) is 59.7 Å². The Morgan fingerprint density at radius 1 is 1.00 bits per heavy atom. The van der Waals surface area contributed by atoms with Crippen LogP contribution in [0.4, 0.5) is 5.69 Å². The van der Waals surface area contributed by atoms with E-state index in [9.17, 15) is 9.59 Å². The Labute approximate surface area is 229 Å². The molecule has 0 spiro atoms. The maximum atomic E-state index is 13.1. The Morgan fingerprint density at radius 2 is 1.69 bits per heavy atom. The second kappa shape index (κ2) is 11.5. The van der Waals surface area contributed by atoms with Gasteiger partial charge in [0.15, 0.2) is 0 Å². The summed E-state index contributed by atoms with van der Waals surface area (Å²) in [5.74, 6) is 1.42. The van der Waals surface area contributed by atoms with Crippen molar-refractivity contribution in [2.24, 2.45) is 5.92 Å². The first-order valence-electron chi connectivity index (χ1n) is 13.9. The highest BCUT2D eigenvalue weighted by atomic mass is 16.5. The molecule has 39 heavy (non-hydrogen) atoms. The quantitative estimate of drug-likeness (QED) is 0.284. The number of hydrogen-bond acceptors (Lipinski definition) is 4. The number of amides is 1. The van der Waals surface area contributed by atoms with Crippen LogP contribution in [0, 0.1) is 5.92 Å². The van der Waals surface area contributed by atoms with Crippen LogP contribution in [-0.4, -0.2) is 53.2 Å². The largest absolute Gasteiger partial charge is 0.497 e. The summed E-state index contributed by atoms with van der Waals surface area (Å²) in [6, 6.07) is 20.2. The molecule has 1 aliphatic heterocycles. The number of carbonyl (C=O) groups excluding carboxylic acids is 1. The number of piperidine rings is 1. The first-order chi connectivity index (χ1) is 18.9. The highest BCUT2D eigenvalue weighted by Crippen LogP contribution is 2.28. The molecule has 0 radical (unpaired) electrons. The summed E-state index contributed by atoms with van der Waals surface area (Å²) in [4.78, 5) is 30.5. The van der Waals surface area contributed by atoms with Gasteiger partial charge in [-0.3, -0.25) is 13.9 Å². The normalized spacial score (nSPS) is 14.6. The highest BCUT2D eigenvalue weighted by molar-refractivity contribution is 5.96. The van der Waals surface area contributed by atoms with Crippen LogP contribution in [0.2, 0.25) is 0 Å². The van der Waals surface area contributed by atoms with Crippen LogP contribution in [0.5, 0.6) is 5.75 Å². The Hall–Kier alpha value is -3.84. The Balaban J connectivity index is 1.23. The average molecular weight is 527 g/mol. The molecule has 7 nitrogen and oxygen atoms in total. The minimum atomic E-state index is -0.0267. The van der Waals surface area contributed by atoms with Gasteiger partial charge in [-0.05, 0) is 85.9 Å². The highest BCUT2D eigenvalue weighted by Gasteiger charge is 2.25. The third kappa shape index (κ3) is 5.50. The third-order valence-electron chi connectivity index (χ3n) is 7.95. The number of likely N-dealkylation sites (tertiary alicyclic amines) is 1. The van der Waals surface area contributed by atoms with Crippen molar-refractivity contribution >= 4 is 39.1 Å². The van der Waals surface area contributed by atoms with Gasteiger partial charge in [0.05, 0.1) is 18.1 Å². The molecule has 1 saturated heterocycles. The zero-order chi connectivity index (χ0) is 27.5. The molecule has 3 aromatic carbocycles. The van der Waals surface area contributed by atoms with Crippen molar-refractivity contribution in [1.82, 2.24) is 14.0 Å². The third-order valence-corrected chi connectivity index (χ3v) is 7.95. The Kier molecular flexibility index (Phi) is 7.89. The second-order valence-corrected chi connectivity index (χ2v) is 10.5. The van der Waals surface area contributed by atoms with E-state index in [1.807, 2.05) is 71.8 Å². The molecular formula is C32H38N4O3. The van der Waals surface area contributed by atoms with Crippen molar-refractivity contribution in [2.45, 2.75) is 39.7 Å². The van der Waals surface area contributed by atoms with Crippen molar-refractivity contribution in [3.8, 4) is 5.75 Å². The van der Waals surface area contributed by atoms with Crippen molar-refractivity contribution in [1.29, 1.82) is 0 Å². The second-order valence-electron chi connectivity index (χ2n) is 10.5. The monoisotopic (exact) mass is 526 g/mol. The smallest absolute Gasteiger partial charge is 0.333 e. The lowest BCUT2D eigenvalue weighted by Crippen LogP contribution is -2.42. The number of anilines is 1. The fraction of sp³-hybridized carbons (Fsp3) is 0.375. The number of allylic oxidation sites excluding steroid dienone is 1. The van der Waals surface area contributed by atoms with Gasteiger partial charge in [-0.25, -0.2) is 4.79 Å². The maximum Gasteiger partial charge on any atom is 0.333 e. The predicted octanol–water partition coefficient (Wildman–Crippen LogP) is 5.61. The summed E-state index contributed by atoms with van der Waals surface area (Å²) < 4.78 is 8.92. The number of fused-ring (bicyclic) bond motifs is 2. The van der Waals surface area contributed by atoms with Crippen molar-refractivity contribution in [3.63, 3.8) is 0 Å². The molecule has 1 fully saturated rings. The first-order valence-corrected chi connectivity index (χ1v) is 13.9. The van der Waals surface area contributed by atoms with Crippen LogP contribution in [0.15, 0.2) is 72.0 Å². The lowest BCUT2D eigenvalue weighted by molar-refractivity contribution is -0.118. The van der Waals surface area contributed by atoms with E-state index < -0.39 is 0 Å². The minimum Gasteiger partial charge on any atom is -0.497 e. The number of imidazole rings is 1. The number of rotatable bonds is 9. The molecule has 0 N–H and O–H groups in total. The molecule has 0 aliphatic carbocycles. The summed E-state index contributed by atoms with van der Waals surface area (Å²) in [6.45, 7) is 11.9. The maximum absolute atomic E-state index is 13.1. The fourth-order valence-electron chi connectivity index (χ4n) is 5.73. The molecule has 7 heteroatoms. The number of methoxy groups -OCH3 is 1. The number of ether oxygens (including phenoxy) is 1. The van der Waals surface area contributed by atoms with Crippen LogP contribution in [0.25, 0.3) is 27.5 Å². The number of carbonyl (C=O) groups is 1. The van der Waals surface area contributed by atoms with Gasteiger partial charge in [0.1, 0.15) is 5.75 Å². The molecule has 4 aromatic rings. The van der Waals surface area contributed by atoms with E-state index in [0.29, 0.717) is 18.9 Å². The SMILES string of the molecule is C=C(C)n1c(=O)n(CCN2CCC(CN(C(=O)CC)c3ccc4cc(OC)ccc4c3)CC2)c2ccccc21. The molecule has 5 rings (SSSR count). The number of para-hydroxylation sites is 2. The number of benzene rings is 3. The molecule has 0 saturated carbocycles. The van der Waals surface area contributed by atoms with Crippen LogP contribution < -0.4 is 15.3 Å². The Bertz CT molecular complexity index is 1560. The number of aromatic nitrogens is 2. The van der Waals surface area contributed by atoms with Gasteiger partial charge in [0, 0.05) is 37.4 Å². The molecule has 0 atom stereocenters. The van der Waals surface area contributed by atoms with E-state index in [1.165, 1.54) is 0 Å². The van der Waals surface area contributed by atoms with Gasteiger partial charge < -0.3 is 14.5 Å². The van der Waals surface area contributed by atoms with E-state index in [-0.39, 0.29) is 11.6 Å². The van der Waals surface area contributed by atoms with E-state index in [4.69, 9.17) is 4.74 Å². The van der Waals surface area contributed by atoms with E-state index in [2.05, 4.69) is 23.6 Å². The molecule has 1 aromatic heterocycles. The van der Waals surface area contributed by atoms with Gasteiger partial charge in [-0.2, -0.15) is 0 Å². The van der Waals surface area contributed by atoms with Crippen LogP contribution in [-0.2, 0) is 11.3 Å². The fourth-order valence-corrected chi connectivity index (χ4v) is 5.73. The molecule has 1 aliphatic rings. The number of hydrogen-bond donors (Lipinski definition) is 0. The average Bonchev–Trinajstić information content (AvgIpc) is 3.25. The van der Waals surface area contributed by atoms with Crippen molar-refractivity contribution < 1.29 is 9.53 Å². The van der Waals surface area contributed by atoms with E-state index in [1.54, 1.807) is 11.7 Å². The van der Waals surface area contributed by atoms with Crippen LogP contribution >= 0.6 is 0 Å². The molecule has 0 unspecified atom stereocenters.